The molecular formula is C27H21NO8. The summed E-state index contributed by atoms with van der Waals surface area (Å²) in [5, 5.41) is 21.3. The number of phenols is 1. The summed E-state index contributed by atoms with van der Waals surface area (Å²) in [6.45, 7) is 0.0618. The fraction of sp³-hybridized carbons (Fsp3) is 0.148. The number of likely N-dealkylation sites (tertiary alicyclic amines) is 1. The van der Waals surface area contributed by atoms with Crippen molar-refractivity contribution in [3.8, 4) is 17.2 Å². The van der Waals surface area contributed by atoms with Crippen LogP contribution in [0.3, 0.4) is 0 Å². The van der Waals surface area contributed by atoms with Gasteiger partial charge in [0.1, 0.15) is 11.5 Å². The molecule has 1 saturated heterocycles. The predicted octanol–water partition coefficient (Wildman–Crippen LogP) is 3.53. The Kier molecular flexibility index (Phi) is 5.81. The molecule has 0 aromatic heterocycles. The summed E-state index contributed by atoms with van der Waals surface area (Å²) in [6.07, 6.45) is 0. The van der Waals surface area contributed by atoms with Crippen molar-refractivity contribution in [1.29, 1.82) is 0 Å². The molecule has 1 amide bonds. The number of esters is 1. The monoisotopic (exact) mass is 487 g/mol. The number of Topliss-reactive ketones (excluding diaryl/α,β-unsaturated/α-hetero) is 1. The second-order valence-corrected chi connectivity index (χ2v) is 8.28. The molecule has 0 saturated carbocycles. The first-order valence-electron chi connectivity index (χ1n) is 11.0. The van der Waals surface area contributed by atoms with Gasteiger partial charge in [0.25, 0.3) is 11.7 Å². The first kappa shape index (κ1) is 23.0. The maximum Gasteiger partial charge on any atom is 0.337 e. The number of methoxy groups -OCH3 is 1. The highest BCUT2D eigenvalue weighted by Gasteiger charge is 2.46. The molecule has 182 valence electrons. The van der Waals surface area contributed by atoms with E-state index in [1.165, 1.54) is 30.2 Å². The van der Waals surface area contributed by atoms with Crippen molar-refractivity contribution in [3.05, 3.63) is 94.6 Å². The third kappa shape index (κ3) is 4.00. The number of phenolic OH excluding ortho intramolecular Hbond substituents is 1. The number of amides is 1. The lowest BCUT2D eigenvalue weighted by Gasteiger charge is -2.25. The van der Waals surface area contributed by atoms with E-state index in [4.69, 9.17) is 14.2 Å². The summed E-state index contributed by atoms with van der Waals surface area (Å²) in [7, 11) is 1.28. The Morgan fingerprint density at radius 1 is 1.00 bits per heavy atom. The molecule has 9 heteroatoms. The molecule has 2 aliphatic heterocycles. The molecule has 0 radical (unpaired) electrons. The van der Waals surface area contributed by atoms with Gasteiger partial charge in [-0.25, -0.2) is 4.79 Å². The van der Waals surface area contributed by atoms with E-state index in [2.05, 4.69) is 0 Å². The van der Waals surface area contributed by atoms with Crippen LogP contribution in [-0.2, 0) is 20.9 Å². The Morgan fingerprint density at radius 3 is 2.44 bits per heavy atom. The Hall–Kier alpha value is -4.79. The quantitative estimate of drug-likeness (QED) is 0.243. The molecule has 2 aliphatic rings. The Balaban J connectivity index is 1.58. The van der Waals surface area contributed by atoms with Crippen molar-refractivity contribution in [3.63, 3.8) is 0 Å². The lowest BCUT2D eigenvalue weighted by Crippen LogP contribution is -2.29. The Bertz CT molecular complexity index is 1410. The summed E-state index contributed by atoms with van der Waals surface area (Å²) < 4.78 is 15.4. The number of aliphatic hydroxyl groups excluding tert-OH is 1. The highest BCUT2D eigenvalue weighted by molar-refractivity contribution is 6.46. The molecule has 1 fully saturated rings. The van der Waals surface area contributed by atoms with E-state index in [-0.39, 0.29) is 36.0 Å². The maximum atomic E-state index is 13.2. The van der Waals surface area contributed by atoms with Crippen LogP contribution in [0.25, 0.3) is 5.76 Å². The SMILES string of the molecule is COC(=O)c1ccc(CN2C(=O)C(=O)/C(=C(\O)c3ccc4c(c3)OCO4)C2c2cccc(O)c2)cc1. The fourth-order valence-corrected chi connectivity index (χ4v) is 4.34. The van der Waals surface area contributed by atoms with Gasteiger partial charge in [-0.15, -0.1) is 0 Å². The second-order valence-electron chi connectivity index (χ2n) is 8.28. The molecule has 3 aromatic rings. The summed E-state index contributed by atoms with van der Waals surface area (Å²) in [5.74, 6) is -1.66. The van der Waals surface area contributed by atoms with E-state index in [9.17, 15) is 24.6 Å². The van der Waals surface area contributed by atoms with Crippen LogP contribution in [0.2, 0.25) is 0 Å². The van der Waals surface area contributed by atoms with Gasteiger partial charge < -0.3 is 29.3 Å². The summed E-state index contributed by atoms with van der Waals surface area (Å²) >= 11 is 0. The van der Waals surface area contributed by atoms with Gasteiger partial charge in [-0.3, -0.25) is 9.59 Å². The van der Waals surface area contributed by atoms with Gasteiger partial charge in [0.15, 0.2) is 11.5 Å². The van der Waals surface area contributed by atoms with Gasteiger partial charge >= 0.3 is 5.97 Å². The molecular weight excluding hydrogens is 466 g/mol. The second kappa shape index (κ2) is 9.10. The van der Waals surface area contributed by atoms with Crippen molar-refractivity contribution in [2.24, 2.45) is 0 Å². The molecule has 3 aromatic carbocycles. The minimum absolute atomic E-state index is 0.0181. The van der Waals surface area contributed by atoms with Gasteiger partial charge in [0, 0.05) is 12.1 Å². The minimum Gasteiger partial charge on any atom is -0.508 e. The molecule has 0 aliphatic carbocycles. The van der Waals surface area contributed by atoms with Crippen LogP contribution >= 0.6 is 0 Å². The van der Waals surface area contributed by atoms with Gasteiger partial charge in [0.05, 0.1) is 24.3 Å². The standard InChI is InChI=1S/C27H21NO8/c1-34-27(33)16-7-5-15(6-8-16)13-28-23(17-3-2-4-19(29)11-17)22(25(31)26(28)32)24(30)18-9-10-20-21(12-18)36-14-35-20/h2-12,23,29-30H,13-14H2,1H3/b24-22-. The number of fused-ring (bicyclic) bond motifs is 1. The highest BCUT2D eigenvalue weighted by atomic mass is 16.7. The number of benzene rings is 3. The molecule has 5 rings (SSSR count). The number of rotatable bonds is 5. The van der Waals surface area contributed by atoms with Crippen LogP contribution in [-0.4, -0.2) is 46.7 Å². The number of hydrogen-bond donors (Lipinski definition) is 2. The van der Waals surface area contributed by atoms with E-state index in [0.29, 0.717) is 28.2 Å². The zero-order valence-corrected chi connectivity index (χ0v) is 19.1. The number of hydrogen-bond acceptors (Lipinski definition) is 8. The molecule has 0 bridgehead atoms. The zero-order chi connectivity index (χ0) is 25.4. The maximum absolute atomic E-state index is 13.2. The van der Waals surface area contributed by atoms with E-state index < -0.39 is 23.7 Å². The molecule has 0 spiro atoms. The van der Waals surface area contributed by atoms with Gasteiger partial charge in [-0.1, -0.05) is 24.3 Å². The van der Waals surface area contributed by atoms with Crippen LogP contribution in [0.1, 0.15) is 33.1 Å². The average Bonchev–Trinajstić information content (AvgIpc) is 3.46. The van der Waals surface area contributed by atoms with E-state index in [1.807, 2.05) is 0 Å². The smallest absolute Gasteiger partial charge is 0.337 e. The number of nitrogens with zero attached hydrogens (tertiary/aromatic N) is 1. The predicted molar refractivity (Wildman–Crippen MR) is 126 cm³/mol. The van der Waals surface area contributed by atoms with Crippen molar-refractivity contribution in [2.75, 3.05) is 13.9 Å². The van der Waals surface area contributed by atoms with Crippen molar-refractivity contribution in [1.82, 2.24) is 4.90 Å². The zero-order valence-electron chi connectivity index (χ0n) is 19.1. The normalized spacial score (nSPS) is 17.9. The van der Waals surface area contributed by atoms with Crippen molar-refractivity contribution in [2.45, 2.75) is 12.6 Å². The van der Waals surface area contributed by atoms with Crippen LogP contribution < -0.4 is 9.47 Å². The summed E-state index contributed by atoms with van der Waals surface area (Å²) in [4.78, 5) is 39.5. The lowest BCUT2D eigenvalue weighted by molar-refractivity contribution is -0.140. The topological polar surface area (TPSA) is 123 Å². The molecule has 1 atom stereocenters. The Labute approximate surface area is 205 Å². The molecule has 9 nitrogen and oxygen atoms in total. The molecule has 36 heavy (non-hydrogen) atoms. The first-order chi connectivity index (χ1) is 17.4. The molecule has 1 unspecified atom stereocenters. The number of aromatic hydroxyl groups is 1. The third-order valence-electron chi connectivity index (χ3n) is 6.10. The van der Waals surface area contributed by atoms with Gasteiger partial charge in [0.2, 0.25) is 6.79 Å². The van der Waals surface area contributed by atoms with Gasteiger partial charge in [-0.05, 0) is 53.6 Å². The van der Waals surface area contributed by atoms with Gasteiger partial charge in [-0.2, -0.15) is 0 Å². The first-order valence-corrected chi connectivity index (χ1v) is 11.0. The number of ketones is 1. The number of carbonyl (C=O) groups excluding carboxylic acids is 3. The number of carbonyl (C=O) groups is 3. The third-order valence-corrected chi connectivity index (χ3v) is 6.10. The highest BCUT2D eigenvalue weighted by Crippen LogP contribution is 2.42. The van der Waals surface area contributed by atoms with E-state index in [0.717, 1.165) is 0 Å². The van der Waals surface area contributed by atoms with Crippen molar-refractivity contribution < 1.29 is 38.8 Å². The number of ether oxygens (including phenoxy) is 3. The van der Waals surface area contributed by atoms with Crippen LogP contribution in [0, 0.1) is 0 Å². The summed E-state index contributed by atoms with van der Waals surface area (Å²) in [6, 6.07) is 16.4. The van der Waals surface area contributed by atoms with Crippen LogP contribution in [0.4, 0.5) is 0 Å². The minimum atomic E-state index is -0.970. The molecule has 2 heterocycles. The average molecular weight is 487 g/mol. The van der Waals surface area contributed by atoms with E-state index in [1.54, 1.807) is 48.5 Å². The number of aliphatic hydroxyl groups is 1. The van der Waals surface area contributed by atoms with Crippen LogP contribution in [0.15, 0.2) is 72.3 Å². The largest absolute Gasteiger partial charge is 0.508 e. The van der Waals surface area contributed by atoms with Crippen molar-refractivity contribution >= 4 is 23.4 Å². The Morgan fingerprint density at radius 2 is 1.72 bits per heavy atom. The molecule has 2 N–H and O–H groups in total. The fourth-order valence-electron chi connectivity index (χ4n) is 4.34. The van der Waals surface area contributed by atoms with Crippen LogP contribution in [0.5, 0.6) is 17.2 Å². The summed E-state index contributed by atoms with van der Waals surface area (Å²) in [5.41, 5.74) is 1.61. The lowest BCUT2D eigenvalue weighted by atomic mass is 9.95. The van der Waals surface area contributed by atoms with E-state index >= 15 is 0 Å².